The maximum Gasteiger partial charge on any atom is 0.160 e. The standard InChI is InChI=1S/C12H8N4S/c1-16-11-3-2-8(5-13)4-9(11)15-12(16)10-6-17-7-14-10/h2-4,6-7H,1H3. The monoisotopic (exact) mass is 240 g/mol. The van der Waals surface area contributed by atoms with E-state index in [0.29, 0.717) is 5.56 Å². The smallest absolute Gasteiger partial charge is 0.160 e. The Morgan fingerprint density at radius 2 is 2.29 bits per heavy atom. The largest absolute Gasteiger partial charge is 0.326 e. The van der Waals surface area contributed by atoms with E-state index in [1.165, 1.54) is 0 Å². The van der Waals surface area contributed by atoms with E-state index in [-0.39, 0.29) is 0 Å². The average Bonchev–Trinajstić information content (AvgIpc) is 2.97. The van der Waals surface area contributed by atoms with Crippen molar-refractivity contribution in [1.82, 2.24) is 14.5 Å². The Morgan fingerprint density at radius 1 is 1.41 bits per heavy atom. The topological polar surface area (TPSA) is 54.5 Å². The van der Waals surface area contributed by atoms with Gasteiger partial charge >= 0.3 is 0 Å². The lowest BCUT2D eigenvalue weighted by molar-refractivity contribution is 0.953. The van der Waals surface area contributed by atoms with Gasteiger partial charge in [-0.3, -0.25) is 0 Å². The molecule has 17 heavy (non-hydrogen) atoms. The van der Waals surface area contributed by atoms with Gasteiger partial charge in [-0.15, -0.1) is 11.3 Å². The van der Waals surface area contributed by atoms with Crippen LogP contribution in [0.4, 0.5) is 0 Å². The van der Waals surface area contributed by atoms with Crippen LogP contribution in [0.5, 0.6) is 0 Å². The van der Waals surface area contributed by atoms with Crippen LogP contribution in [-0.4, -0.2) is 14.5 Å². The molecule has 2 heterocycles. The van der Waals surface area contributed by atoms with Crippen LogP contribution in [0.15, 0.2) is 29.1 Å². The number of rotatable bonds is 1. The van der Waals surface area contributed by atoms with Gasteiger partial charge in [0.2, 0.25) is 0 Å². The van der Waals surface area contributed by atoms with Gasteiger partial charge in [-0.2, -0.15) is 5.26 Å². The molecule has 4 nitrogen and oxygen atoms in total. The Bertz CT molecular complexity index is 719. The van der Waals surface area contributed by atoms with Crippen molar-refractivity contribution in [3.05, 3.63) is 34.7 Å². The van der Waals surface area contributed by atoms with E-state index in [4.69, 9.17) is 5.26 Å². The van der Waals surface area contributed by atoms with E-state index in [0.717, 1.165) is 22.6 Å². The zero-order chi connectivity index (χ0) is 11.8. The lowest BCUT2D eigenvalue weighted by Crippen LogP contribution is -1.92. The van der Waals surface area contributed by atoms with E-state index >= 15 is 0 Å². The predicted molar refractivity (Wildman–Crippen MR) is 66.5 cm³/mol. The number of aromatic nitrogens is 3. The van der Waals surface area contributed by atoms with E-state index in [1.54, 1.807) is 29.0 Å². The van der Waals surface area contributed by atoms with Crippen LogP contribution >= 0.6 is 11.3 Å². The molecule has 0 radical (unpaired) electrons. The number of hydrogen-bond donors (Lipinski definition) is 0. The van der Waals surface area contributed by atoms with Gasteiger partial charge < -0.3 is 4.57 Å². The highest BCUT2D eigenvalue weighted by molar-refractivity contribution is 7.07. The molecule has 0 bridgehead atoms. The van der Waals surface area contributed by atoms with Gasteiger partial charge in [0, 0.05) is 12.4 Å². The number of nitrogens with zero attached hydrogens (tertiary/aromatic N) is 4. The summed E-state index contributed by atoms with van der Waals surface area (Å²) < 4.78 is 1.99. The van der Waals surface area contributed by atoms with Crippen molar-refractivity contribution in [2.75, 3.05) is 0 Å². The molecule has 0 aliphatic rings. The quantitative estimate of drug-likeness (QED) is 0.657. The first-order valence-corrected chi connectivity index (χ1v) is 5.99. The first-order chi connectivity index (χ1) is 8.29. The Hall–Kier alpha value is -2.19. The lowest BCUT2D eigenvalue weighted by Gasteiger charge is -1.97. The molecule has 82 valence electrons. The molecule has 0 aliphatic carbocycles. The van der Waals surface area contributed by atoms with Gasteiger partial charge in [0.15, 0.2) is 5.82 Å². The summed E-state index contributed by atoms with van der Waals surface area (Å²) >= 11 is 1.54. The zero-order valence-electron chi connectivity index (χ0n) is 9.08. The van der Waals surface area contributed by atoms with Crippen molar-refractivity contribution in [1.29, 1.82) is 5.26 Å². The fourth-order valence-corrected chi connectivity index (χ4v) is 2.35. The third kappa shape index (κ3) is 1.50. The molecule has 0 aliphatic heterocycles. The highest BCUT2D eigenvalue weighted by Gasteiger charge is 2.11. The van der Waals surface area contributed by atoms with Crippen molar-refractivity contribution < 1.29 is 0 Å². The fraction of sp³-hybridized carbons (Fsp3) is 0.0833. The van der Waals surface area contributed by atoms with Crippen LogP contribution in [0.25, 0.3) is 22.6 Å². The summed E-state index contributed by atoms with van der Waals surface area (Å²) in [5.74, 6) is 0.830. The third-order valence-electron chi connectivity index (χ3n) is 2.67. The van der Waals surface area contributed by atoms with Crippen LogP contribution in [0.3, 0.4) is 0 Å². The van der Waals surface area contributed by atoms with Gasteiger partial charge in [-0.05, 0) is 18.2 Å². The van der Waals surface area contributed by atoms with Crippen LogP contribution < -0.4 is 0 Å². The van der Waals surface area contributed by atoms with E-state index in [9.17, 15) is 0 Å². The zero-order valence-corrected chi connectivity index (χ0v) is 9.90. The molecule has 3 rings (SSSR count). The minimum absolute atomic E-state index is 0.625. The number of fused-ring (bicyclic) bond motifs is 1. The maximum atomic E-state index is 8.86. The number of aryl methyl sites for hydroxylation is 1. The average molecular weight is 240 g/mol. The fourth-order valence-electron chi connectivity index (χ4n) is 1.82. The summed E-state index contributed by atoms with van der Waals surface area (Å²) in [5.41, 5.74) is 5.12. The number of hydrogen-bond acceptors (Lipinski definition) is 4. The Labute approximate surface area is 102 Å². The first kappa shape index (κ1) is 10.00. The third-order valence-corrected chi connectivity index (χ3v) is 3.26. The molecule has 0 unspecified atom stereocenters. The van der Waals surface area contributed by atoms with Crippen LogP contribution in [-0.2, 0) is 7.05 Å². The van der Waals surface area contributed by atoms with E-state index in [2.05, 4.69) is 16.0 Å². The van der Waals surface area contributed by atoms with Crippen LogP contribution in [0.1, 0.15) is 5.56 Å². The SMILES string of the molecule is Cn1c(-c2cscn2)nc2cc(C#N)ccc21. The number of thiazole rings is 1. The minimum Gasteiger partial charge on any atom is -0.326 e. The van der Waals surface area contributed by atoms with Gasteiger partial charge in [0.1, 0.15) is 5.69 Å². The second-order valence-corrected chi connectivity index (χ2v) is 4.40. The van der Waals surface area contributed by atoms with E-state index < -0.39 is 0 Å². The molecule has 0 atom stereocenters. The second kappa shape index (κ2) is 3.68. The number of imidazole rings is 1. The minimum atomic E-state index is 0.625. The lowest BCUT2D eigenvalue weighted by atomic mass is 10.2. The summed E-state index contributed by atoms with van der Waals surface area (Å²) in [5, 5.41) is 10.8. The van der Waals surface area contributed by atoms with Gasteiger partial charge in [-0.25, -0.2) is 9.97 Å². The molecule has 0 amide bonds. The molecule has 0 N–H and O–H groups in total. The molecule has 1 aromatic carbocycles. The summed E-state index contributed by atoms with van der Waals surface area (Å²) in [7, 11) is 1.95. The second-order valence-electron chi connectivity index (χ2n) is 3.68. The molecule has 0 saturated heterocycles. The van der Waals surface area contributed by atoms with Crippen molar-refractivity contribution in [3.8, 4) is 17.6 Å². The summed E-state index contributed by atoms with van der Waals surface area (Å²) in [6, 6.07) is 7.63. The van der Waals surface area contributed by atoms with Crippen LogP contribution in [0, 0.1) is 11.3 Å². The molecule has 0 fully saturated rings. The van der Waals surface area contributed by atoms with E-state index in [1.807, 2.05) is 23.1 Å². The van der Waals surface area contributed by atoms with Gasteiger partial charge in [-0.1, -0.05) is 0 Å². The van der Waals surface area contributed by atoms with Crippen molar-refractivity contribution >= 4 is 22.4 Å². The summed E-state index contributed by atoms with van der Waals surface area (Å²) in [6.07, 6.45) is 0. The van der Waals surface area contributed by atoms with Gasteiger partial charge in [0.05, 0.1) is 28.2 Å². The molecule has 5 heteroatoms. The van der Waals surface area contributed by atoms with Crippen molar-refractivity contribution in [2.45, 2.75) is 0 Å². The van der Waals surface area contributed by atoms with Crippen molar-refractivity contribution in [2.24, 2.45) is 7.05 Å². The highest BCUT2D eigenvalue weighted by atomic mass is 32.1. The molecular formula is C12H8N4S. The van der Waals surface area contributed by atoms with Crippen LogP contribution in [0.2, 0.25) is 0 Å². The predicted octanol–water partition coefficient (Wildman–Crippen LogP) is 2.57. The molecule has 2 aromatic heterocycles. The molecule has 0 saturated carbocycles. The highest BCUT2D eigenvalue weighted by Crippen LogP contribution is 2.23. The summed E-state index contributed by atoms with van der Waals surface area (Å²) in [6.45, 7) is 0. The molecule has 3 aromatic rings. The Balaban J connectivity index is 2.29. The summed E-state index contributed by atoms with van der Waals surface area (Å²) in [4.78, 5) is 8.77. The van der Waals surface area contributed by atoms with Crippen molar-refractivity contribution in [3.63, 3.8) is 0 Å². The van der Waals surface area contributed by atoms with Gasteiger partial charge in [0.25, 0.3) is 0 Å². The molecule has 0 spiro atoms. The first-order valence-electron chi connectivity index (χ1n) is 5.05. The molecular weight excluding hydrogens is 232 g/mol. The Morgan fingerprint density at radius 3 is 3.00 bits per heavy atom. The Kier molecular flexibility index (Phi) is 2.16. The number of nitriles is 1. The number of benzene rings is 1. The normalized spacial score (nSPS) is 10.6. The maximum absolute atomic E-state index is 8.86.